The summed E-state index contributed by atoms with van der Waals surface area (Å²) in [5, 5.41) is 0.194. The van der Waals surface area contributed by atoms with Crippen molar-refractivity contribution in [2.45, 2.75) is 24.5 Å². The van der Waals surface area contributed by atoms with Crippen molar-refractivity contribution in [3.63, 3.8) is 0 Å². The molecule has 0 saturated carbocycles. The molecule has 3 aromatic rings. The molecule has 2 aromatic carbocycles. The molecule has 7 heteroatoms. The molecular weight excluding hydrogens is 376 g/mol. The highest BCUT2D eigenvalue weighted by Crippen LogP contribution is 2.28. The molecular formula is C21H22N2O4S. The van der Waals surface area contributed by atoms with E-state index in [0.717, 1.165) is 34.0 Å². The van der Waals surface area contributed by atoms with Crippen LogP contribution in [0.1, 0.15) is 22.5 Å². The fraction of sp³-hybridized carbons (Fsp3) is 0.286. The first-order valence-corrected chi connectivity index (χ1v) is 10.7. The second kappa shape index (κ2) is 7.31. The Kier molecular flexibility index (Phi) is 4.85. The molecule has 0 N–H and O–H groups in total. The summed E-state index contributed by atoms with van der Waals surface area (Å²) in [5.41, 5.74) is 3.91. The highest BCUT2D eigenvalue weighted by atomic mass is 32.2. The maximum atomic E-state index is 12.4. The zero-order valence-corrected chi connectivity index (χ0v) is 16.7. The summed E-state index contributed by atoms with van der Waals surface area (Å²) in [4.78, 5) is 4.53. The normalized spacial score (nSPS) is 14.6. The Labute approximate surface area is 164 Å². The number of rotatable bonds is 6. The van der Waals surface area contributed by atoms with E-state index in [4.69, 9.17) is 9.47 Å². The van der Waals surface area contributed by atoms with Gasteiger partial charge in [-0.3, -0.25) is 0 Å². The van der Waals surface area contributed by atoms with E-state index >= 15 is 0 Å². The first-order valence-electron chi connectivity index (χ1n) is 9.07. The second-order valence-corrected chi connectivity index (χ2v) is 8.81. The van der Waals surface area contributed by atoms with Crippen LogP contribution in [0.3, 0.4) is 0 Å². The van der Waals surface area contributed by atoms with Crippen LogP contribution in [0, 0.1) is 0 Å². The van der Waals surface area contributed by atoms with E-state index < -0.39 is 9.84 Å². The molecule has 1 aromatic heterocycles. The molecule has 1 aliphatic rings. The highest BCUT2D eigenvalue weighted by Gasteiger charge is 2.32. The summed E-state index contributed by atoms with van der Waals surface area (Å²) in [6.45, 7) is 0.457. The van der Waals surface area contributed by atoms with Crippen molar-refractivity contribution in [2.24, 2.45) is 0 Å². The van der Waals surface area contributed by atoms with E-state index in [1.165, 1.54) is 0 Å². The molecule has 0 radical (unpaired) electrons. The van der Waals surface area contributed by atoms with Crippen molar-refractivity contribution in [1.82, 2.24) is 9.55 Å². The van der Waals surface area contributed by atoms with Crippen LogP contribution < -0.4 is 9.47 Å². The first-order chi connectivity index (χ1) is 13.5. The summed E-state index contributed by atoms with van der Waals surface area (Å²) >= 11 is 0. The van der Waals surface area contributed by atoms with Crippen LogP contribution in [0.25, 0.3) is 0 Å². The Morgan fingerprint density at radius 1 is 0.893 bits per heavy atom. The van der Waals surface area contributed by atoms with Gasteiger partial charge >= 0.3 is 0 Å². The molecule has 0 fully saturated rings. The summed E-state index contributed by atoms with van der Waals surface area (Å²) in [6.07, 6.45) is 1.20. The lowest BCUT2D eigenvalue weighted by molar-refractivity contribution is 0.414. The number of benzene rings is 2. The monoisotopic (exact) mass is 398 g/mol. The van der Waals surface area contributed by atoms with Gasteiger partial charge in [-0.2, -0.15) is 0 Å². The van der Waals surface area contributed by atoms with Crippen LogP contribution >= 0.6 is 0 Å². The Hall–Kier alpha value is -2.80. The Morgan fingerprint density at radius 3 is 1.96 bits per heavy atom. The smallest absolute Gasteiger partial charge is 0.228 e. The number of aromatic nitrogens is 2. The number of fused-ring (bicyclic) bond motifs is 1. The lowest BCUT2D eigenvalue weighted by atomic mass is 10.0. The lowest BCUT2D eigenvalue weighted by Gasteiger charge is -2.09. The van der Waals surface area contributed by atoms with Gasteiger partial charge in [0.15, 0.2) is 0 Å². The molecule has 0 atom stereocenters. The van der Waals surface area contributed by atoms with E-state index in [1.807, 2.05) is 53.1 Å². The summed E-state index contributed by atoms with van der Waals surface area (Å²) in [6, 6.07) is 15.6. The SMILES string of the molecule is COc1ccc(Cc2nc3n(c2Cc2ccc(OC)cc2)CCS3(=O)=O)cc1. The molecule has 0 aliphatic carbocycles. The topological polar surface area (TPSA) is 70.4 Å². The third-order valence-electron chi connectivity index (χ3n) is 5.04. The third-order valence-corrected chi connectivity index (χ3v) is 6.63. The van der Waals surface area contributed by atoms with Gasteiger partial charge in [-0.25, -0.2) is 13.4 Å². The zero-order valence-electron chi connectivity index (χ0n) is 15.9. The number of ether oxygens (including phenoxy) is 2. The molecule has 28 heavy (non-hydrogen) atoms. The number of hydrogen-bond donors (Lipinski definition) is 0. The summed E-state index contributed by atoms with van der Waals surface area (Å²) in [5.74, 6) is 1.70. The van der Waals surface area contributed by atoms with Gasteiger partial charge in [-0.15, -0.1) is 0 Å². The lowest BCUT2D eigenvalue weighted by Crippen LogP contribution is -2.05. The predicted molar refractivity (Wildman–Crippen MR) is 106 cm³/mol. The molecule has 6 nitrogen and oxygen atoms in total. The fourth-order valence-corrected chi connectivity index (χ4v) is 4.89. The average Bonchev–Trinajstić information content (AvgIpc) is 3.20. The summed E-state index contributed by atoms with van der Waals surface area (Å²) < 4.78 is 37.0. The van der Waals surface area contributed by atoms with Crippen molar-refractivity contribution >= 4 is 9.84 Å². The van der Waals surface area contributed by atoms with Crippen LogP contribution in [-0.2, 0) is 29.2 Å². The van der Waals surface area contributed by atoms with Gasteiger partial charge in [-0.1, -0.05) is 24.3 Å². The average molecular weight is 398 g/mol. The number of methoxy groups -OCH3 is 2. The van der Waals surface area contributed by atoms with Gasteiger partial charge in [0.2, 0.25) is 15.0 Å². The van der Waals surface area contributed by atoms with E-state index in [2.05, 4.69) is 4.98 Å². The van der Waals surface area contributed by atoms with Crippen LogP contribution in [0.15, 0.2) is 53.7 Å². The van der Waals surface area contributed by atoms with E-state index in [-0.39, 0.29) is 10.9 Å². The molecule has 0 amide bonds. The molecule has 0 saturated heterocycles. The number of imidazole rings is 1. The molecule has 2 heterocycles. The number of nitrogens with zero attached hydrogens (tertiary/aromatic N) is 2. The summed E-state index contributed by atoms with van der Waals surface area (Å²) in [7, 11) is -0.0340. The molecule has 0 unspecified atom stereocenters. The van der Waals surface area contributed by atoms with E-state index in [0.29, 0.717) is 19.4 Å². The standard InChI is InChI=1S/C21H22N2O4S/c1-26-17-7-3-15(4-8-17)13-19-20(14-16-5-9-18(27-2)10-6-16)23-11-12-28(24,25)21(23)22-19/h3-10H,11-14H2,1-2H3. The van der Waals surface area contributed by atoms with Crippen LogP contribution in [0.4, 0.5) is 0 Å². The second-order valence-electron chi connectivity index (χ2n) is 6.81. The van der Waals surface area contributed by atoms with Gasteiger partial charge in [0.25, 0.3) is 0 Å². The van der Waals surface area contributed by atoms with E-state index in [9.17, 15) is 8.42 Å². The van der Waals surface area contributed by atoms with Crippen LogP contribution in [0.5, 0.6) is 11.5 Å². The Morgan fingerprint density at radius 2 is 1.43 bits per heavy atom. The van der Waals surface area contributed by atoms with Crippen molar-refractivity contribution in [2.75, 3.05) is 20.0 Å². The van der Waals surface area contributed by atoms with Crippen molar-refractivity contribution in [3.05, 3.63) is 71.0 Å². The van der Waals surface area contributed by atoms with Gasteiger partial charge in [0, 0.05) is 25.1 Å². The van der Waals surface area contributed by atoms with Gasteiger partial charge in [0.05, 0.1) is 25.7 Å². The van der Waals surface area contributed by atoms with Crippen LogP contribution in [0.2, 0.25) is 0 Å². The fourth-order valence-electron chi connectivity index (χ4n) is 3.49. The largest absolute Gasteiger partial charge is 0.497 e. The van der Waals surface area contributed by atoms with Crippen molar-refractivity contribution in [3.8, 4) is 11.5 Å². The molecule has 146 valence electrons. The maximum Gasteiger partial charge on any atom is 0.228 e. The van der Waals surface area contributed by atoms with Gasteiger partial charge in [0.1, 0.15) is 11.5 Å². The molecule has 4 rings (SSSR count). The Balaban J connectivity index is 1.70. The molecule has 0 bridgehead atoms. The van der Waals surface area contributed by atoms with Gasteiger partial charge < -0.3 is 14.0 Å². The number of hydrogen-bond acceptors (Lipinski definition) is 5. The Bertz CT molecular complexity index is 1080. The van der Waals surface area contributed by atoms with E-state index in [1.54, 1.807) is 14.2 Å². The van der Waals surface area contributed by atoms with Gasteiger partial charge in [-0.05, 0) is 35.4 Å². The van der Waals surface area contributed by atoms with Crippen molar-refractivity contribution in [1.29, 1.82) is 0 Å². The minimum Gasteiger partial charge on any atom is -0.497 e. The molecule has 1 aliphatic heterocycles. The van der Waals surface area contributed by atoms with Crippen LogP contribution in [-0.4, -0.2) is 37.9 Å². The maximum absolute atomic E-state index is 12.4. The first kappa shape index (κ1) is 18.6. The minimum absolute atomic E-state index is 0.119. The highest BCUT2D eigenvalue weighted by molar-refractivity contribution is 7.91. The molecule has 0 spiro atoms. The predicted octanol–water partition coefficient (Wildman–Crippen LogP) is 2.87. The third kappa shape index (κ3) is 3.49. The number of sulfone groups is 1. The minimum atomic E-state index is -3.30. The quantitative estimate of drug-likeness (QED) is 0.639. The zero-order chi connectivity index (χ0) is 19.7. The van der Waals surface area contributed by atoms with Crippen molar-refractivity contribution < 1.29 is 17.9 Å².